The number of rotatable bonds is 5. The van der Waals surface area contributed by atoms with E-state index in [9.17, 15) is 0 Å². The minimum Gasteiger partial charge on any atom is -0.497 e. The smallest absolute Gasteiger partial charge is 0.118 e. The molecule has 4 heteroatoms. The summed E-state index contributed by atoms with van der Waals surface area (Å²) in [5.74, 6) is 0.902. The lowest BCUT2D eigenvalue weighted by Crippen LogP contribution is -2.18. The topological polar surface area (TPSA) is 21.3 Å². The molecular formula is C15H18BrNOS. The van der Waals surface area contributed by atoms with Crippen molar-refractivity contribution in [3.8, 4) is 5.75 Å². The Bertz CT molecular complexity index is 536. The summed E-state index contributed by atoms with van der Waals surface area (Å²) in [4.78, 5) is 1.36. The standard InChI is InChI=1S/C15H18BrNOS/c1-10-13(9-15(16)19-10)14(17-2)8-11-4-6-12(18-3)7-5-11/h4-7,9,14,17H,8H2,1-3H3. The number of hydrogen-bond donors (Lipinski definition) is 1. The predicted octanol–water partition coefficient (Wildman–Crippen LogP) is 4.33. The molecule has 1 aromatic heterocycles. The molecule has 1 atom stereocenters. The summed E-state index contributed by atoms with van der Waals surface area (Å²) in [7, 11) is 3.71. The van der Waals surface area contributed by atoms with E-state index in [0.717, 1.165) is 12.2 Å². The van der Waals surface area contributed by atoms with Crippen LogP contribution >= 0.6 is 27.3 Å². The molecule has 102 valence electrons. The second kappa shape index (κ2) is 6.55. The van der Waals surface area contributed by atoms with Gasteiger partial charge in [0.25, 0.3) is 0 Å². The molecule has 1 aromatic carbocycles. The highest BCUT2D eigenvalue weighted by Crippen LogP contribution is 2.32. The number of likely N-dealkylation sites (N-methyl/N-ethyl adjacent to an activating group) is 1. The maximum absolute atomic E-state index is 5.19. The van der Waals surface area contributed by atoms with Crippen molar-refractivity contribution in [2.45, 2.75) is 19.4 Å². The molecule has 0 aliphatic heterocycles. The van der Waals surface area contributed by atoms with E-state index in [2.05, 4.69) is 46.4 Å². The zero-order valence-corrected chi connectivity index (χ0v) is 13.8. The predicted molar refractivity (Wildman–Crippen MR) is 85.3 cm³/mol. The van der Waals surface area contributed by atoms with Crippen molar-refractivity contribution in [1.29, 1.82) is 0 Å². The fraction of sp³-hybridized carbons (Fsp3) is 0.333. The minimum absolute atomic E-state index is 0.343. The molecule has 2 nitrogen and oxygen atoms in total. The first-order valence-corrected chi connectivity index (χ1v) is 7.81. The van der Waals surface area contributed by atoms with Gasteiger partial charge in [-0.05, 0) is 65.6 Å². The summed E-state index contributed by atoms with van der Waals surface area (Å²) in [6, 6.07) is 10.8. The number of benzene rings is 1. The molecule has 0 radical (unpaired) electrons. The molecule has 0 saturated carbocycles. The molecule has 0 amide bonds. The minimum atomic E-state index is 0.343. The van der Waals surface area contributed by atoms with E-state index in [4.69, 9.17) is 4.74 Å². The number of aryl methyl sites for hydroxylation is 1. The van der Waals surface area contributed by atoms with E-state index < -0.39 is 0 Å². The quantitative estimate of drug-likeness (QED) is 0.875. The van der Waals surface area contributed by atoms with Gasteiger partial charge in [-0.2, -0.15) is 0 Å². The maximum atomic E-state index is 5.19. The van der Waals surface area contributed by atoms with Gasteiger partial charge >= 0.3 is 0 Å². The summed E-state index contributed by atoms with van der Waals surface area (Å²) in [6.07, 6.45) is 0.977. The number of hydrogen-bond acceptors (Lipinski definition) is 3. The van der Waals surface area contributed by atoms with Crippen molar-refractivity contribution in [3.63, 3.8) is 0 Å². The molecule has 1 N–H and O–H groups in total. The van der Waals surface area contributed by atoms with E-state index >= 15 is 0 Å². The summed E-state index contributed by atoms with van der Waals surface area (Å²) in [5.41, 5.74) is 2.68. The van der Waals surface area contributed by atoms with Crippen molar-refractivity contribution in [2.24, 2.45) is 0 Å². The lowest BCUT2D eigenvalue weighted by Gasteiger charge is -2.16. The van der Waals surface area contributed by atoms with Gasteiger partial charge in [-0.3, -0.25) is 0 Å². The van der Waals surface area contributed by atoms with Crippen LogP contribution in [0.25, 0.3) is 0 Å². The normalized spacial score (nSPS) is 12.4. The van der Waals surface area contributed by atoms with Gasteiger partial charge in [0, 0.05) is 10.9 Å². The fourth-order valence-electron chi connectivity index (χ4n) is 2.17. The van der Waals surface area contributed by atoms with Crippen LogP contribution in [-0.2, 0) is 6.42 Å². The highest BCUT2D eigenvalue weighted by molar-refractivity contribution is 9.11. The second-order valence-electron chi connectivity index (χ2n) is 4.46. The Morgan fingerprint density at radius 3 is 2.47 bits per heavy atom. The molecule has 0 fully saturated rings. The highest BCUT2D eigenvalue weighted by atomic mass is 79.9. The zero-order chi connectivity index (χ0) is 13.8. The van der Waals surface area contributed by atoms with Gasteiger partial charge in [-0.25, -0.2) is 0 Å². The van der Waals surface area contributed by atoms with Gasteiger partial charge < -0.3 is 10.1 Å². The number of methoxy groups -OCH3 is 1. The third-order valence-corrected chi connectivity index (χ3v) is 4.82. The van der Waals surface area contributed by atoms with E-state index in [1.54, 1.807) is 18.4 Å². The van der Waals surface area contributed by atoms with Crippen LogP contribution in [0.15, 0.2) is 34.1 Å². The van der Waals surface area contributed by atoms with Crippen LogP contribution in [-0.4, -0.2) is 14.2 Å². The largest absolute Gasteiger partial charge is 0.497 e. The summed E-state index contributed by atoms with van der Waals surface area (Å²) < 4.78 is 6.38. The molecule has 0 saturated heterocycles. The van der Waals surface area contributed by atoms with Crippen molar-refractivity contribution in [3.05, 3.63) is 50.1 Å². The van der Waals surface area contributed by atoms with Crippen molar-refractivity contribution in [2.75, 3.05) is 14.2 Å². The van der Waals surface area contributed by atoms with Crippen LogP contribution in [0, 0.1) is 6.92 Å². The Morgan fingerprint density at radius 1 is 1.32 bits per heavy atom. The molecule has 1 heterocycles. The van der Waals surface area contributed by atoms with Gasteiger partial charge in [-0.15, -0.1) is 11.3 Å². The average molecular weight is 340 g/mol. The molecule has 2 rings (SSSR count). The second-order valence-corrected chi connectivity index (χ2v) is 7.09. The van der Waals surface area contributed by atoms with Crippen molar-refractivity contribution >= 4 is 27.3 Å². The molecule has 19 heavy (non-hydrogen) atoms. The Kier molecular flexibility index (Phi) is 5.02. The number of thiophene rings is 1. The Balaban J connectivity index is 2.16. The van der Waals surface area contributed by atoms with E-state index in [0.29, 0.717) is 6.04 Å². The van der Waals surface area contributed by atoms with Crippen LogP contribution < -0.4 is 10.1 Å². The van der Waals surface area contributed by atoms with E-state index in [1.165, 1.54) is 19.8 Å². The van der Waals surface area contributed by atoms with E-state index in [1.807, 2.05) is 19.2 Å². The lowest BCUT2D eigenvalue weighted by molar-refractivity contribution is 0.414. The monoisotopic (exact) mass is 339 g/mol. The first-order chi connectivity index (χ1) is 9.13. The summed E-state index contributed by atoms with van der Waals surface area (Å²) in [5, 5.41) is 3.40. The first kappa shape index (κ1) is 14.6. The van der Waals surface area contributed by atoms with Crippen LogP contribution in [0.3, 0.4) is 0 Å². The van der Waals surface area contributed by atoms with Crippen molar-refractivity contribution in [1.82, 2.24) is 5.32 Å². The SMILES string of the molecule is CNC(Cc1ccc(OC)cc1)c1cc(Br)sc1C. The van der Waals surface area contributed by atoms with Gasteiger partial charge in [-0.1, -0.05) is 12.1 Å². The zero-order valence-electron chi connectivity index (χ0n) is 11.4. The lowest BCUT2D eigenvalue weighted by atomic mass is 10.00. The fourth-order valence-corrected chi connectivity index (χ4v) is 3.94. The Hall–Kier alpha value is -0.840. The van der Waals surface area contributed by atoms with Gasteiger partial charge in [0.1, 0.15) is 5.75 Å². The third-order valence-electron chi connectivity index (χ3n) is 3.25. The maximum Gasteiger partial charge on any atom is 0.118 e. The average Bonchev–Trinajstić information content (AvgIpc) is 2.75. The van der Waals surface area contributed by atoms with Crippen LogP contribution in [0.1, 0.15) is 22.0 Å². The summed E-state index contributed by atoms with van der Waals surface area (Å²) >= 11 is 5.35. The highest BCUT2D eigenvalue weighted by Gasteiger charge is 2.15. The molecular weight excluding hydrogens is 322 g/mol. The molecule has 0 aliphatic rings. The number of ether oxygens (including phenoxy) is 1. The Labute approximate surface area is 126 Å². The number of halogens is 1. The molecule has 0 aliphatic carbocycles. The van der Waals surface area contributed by atoms with Crippen LogP contribution in [0.4, 0.5) is 0 Å². The van der Waals surface area contributed by atoms with Crippen LogP contribution in [0.2, 0.25) is 0 Å². The van der Waals surface area contributed by atoms with Crippen LogP contribution in [0.5, 0.6) is 5.75 Å². The van der Waals surface area contributed by atoms with E-state index in [-0.39, 0.29) is 0 Å². The molecule has 0 bridgehead atoms. The molecule has 2 aromatic rings. The first-order valence-electron chi connectivity index (χ1n) is 6.20. The number of nitrogens with one attached hydrogen (secondary N) is 1. The summed E-state index contributed by atoms with van der Waals surface area (Å²) in [6.45, 7) is 2.17. The van der Waals surface area contributed by atoms with Gasteiger partial charge in [0.2, 0.25) is 0 Å². The third kappa shape index (κ3) is 3.59. The van der Waals surface area contributed by atoms with Gasteiger partial charge in [0.15, 0.2) is 0 Å². The molecule has 1 unspecified atom stereocenters. The Morgan fingerprint density at radius 2 is 2.00 bits per heavy atom. The van der Waals surface area contributed by atoms with Gasteiger partial charge in [0.05, 0.1) is 10.9 Å². The van der Waals surface area contributed by atoms with Crippen molar-refractivity contribution < 1.29 is 4.74 Å². The molecule has 0 spiro atoms.